The van der Waals surface area contributed by atoms with Gasteiger partial charge >= 0.3 is 5.97 Å². The van der Waals surface area contributed by atoms with Gasteiger partial charge in [-0.1, -0.05) is 16.8 Å². The molecular formula is C17H13ClF2N4O4. The van der Waals surface area contributed by atoms with E-state index in [1.807, 2.05) is 0 Å². The second-order valence-corrected chi connectivity index (χ2v) is 6.20. The van der Waals surface area contributed by atoms with Crippen molar-refractivity contribution in [2.75, 3.05) is 0 Å². The average molecular weight is 411 g/mol. The molecule has 1 aromatic carbocycles. The van der Waals surface area contributed by atoms with E-state index in [1.165, 1.54) is 18.3 Å². The summed E-state index contributed by atoms with van der Waals surface area (Å²) >= 11 is 5.61. The van der Waals surface area contributed by atoms with Crippen molar-refractivity contribution < 1.29 is 27.9 Å². The van der Waals surface area contributed by atoms with E-state index >= 15 is 0 Å². The highest BCUT2D eigenvalue weighted by Crippen LogP contribution is 2.29. The van der Waals surface area contributed by atoms with E-state index in [0.29, 0.717) is 0 Å². The smallest absolute Gasteiger partial charge is 0.304 e. The van der Waals surface area contributed by atoms with Crippen molar-refractivity contribution in [3.8, 4) is 23.0 Å². The Bertz CT molecular complexity index is 1010. The molecule has 146 valence electrons. The molecule has 28 heavy (non-hydrogen) atoms. The molecule has 8 nitrogen and oxygen atoms in total. The summed E-state index contributed by atoms with van der Waals surface area (Å²) in [6.07, 6.45) is 0.973. The molecule has 0 saturated carbocycles. The Balaban J connectivity index is 1.74. The molecule has 0 bridgehead atoms. The van der Waals surface area contributed by atoms with Gasteiger partial charge in [-0.25, -0.2) is 13.8 Å². The molecule has 3 N–H and O–H groups in total. The van der Waals surface area contributed by atoms with Crippen molar-refractivity contribution in [1.82, 2.24) is 15.1 Å². The van der Waals surface area contributed by atoms with Crippen molar-refractivity contribution in [3.63, 3.8) is 0 Å². The van der Waals surface area contributed by atoms with Crippen LogP contribution in [-0.4, -0.2) is 32.2 Å². The van der Waals surface area contributed by atoms with Crippen LogP contribution in [0.15, 0.2) is 35.0 Å². The number of hydrogen-bond acceptors (Lipinski definition) is 7. The van der Waals surface area contributed by atoms with Gasteiger partial charge in [0.25, 0.3) is 5.88 Å². The Hall–Kier alpha value is -3.11. The lowest BCUT2D eigenvalue weighted by atomic mass is 10.1. The first-order chi connectivity index (χ1) is 13.3. The Kier molecular flexibility index (Phi) is 5.81. The van der Waals surface area contributed by atoms with Gasteiger partial charge in [0.1, 0.15) is 0 Å². The van der Waals surface area contributed by atoms with E-state index in [9.17, 15) is 13.6 Å². The largest absolute Gasteiger partial charge is 0.481 e. The number of carbonyl (C=O) groups is 1. The lowest BCUT2D eigenvalue weighted by molar-refractivity contribution is -0.137. The van der Waals surface area contributed by atoms with Crippen molar-refractivity contribution in [2.24, 2.45) is 5.73 Å². The molecule has 0 fully saturated rings. The Morgan fingerprint density at radius 3 is 2.79 bits per heavy atom. The summed E-state index contributed by atoms with van der Waals surface area (Å²) in [6, 6.07) is 4.08. The second-order valence-electron chi connectivity index (χ2n) is 5.76. The maximum Gasteiger partial charge on any atom is 0.304 e. The van der Waals surface area contributed by atoms with Gasteiger partial charge in [0.05, 0.1) is 11.4 Å². The highest BCUT2D eigenvalue weighted by atomic mass is 35.5. The van der Waals surface area contributed by atoms with Gasteiger partial charge in [-0.3, -0.25) is 4.79 Å². The predicted molar refractivity (Wildman–Crippen MR) is 92.9 cm³/mol. The molecule has 0 amide bonds. The summed E-state index contributed by atoms with van der Waals surface area (Å²) in [7, 11) is 0. The van der Waals surface area contributed by atoms with Crippen molar-refractivity contribution in [1.29, 1.82) is 0 Å². The van der Waals surface area contributed by atoms with E-state index in [1.54, 1.807) is 0 Å². The number of halogens is 3. The Labute approximate surface area is 161 Å². The zero-order chi connectivity index (χ0) is 20.3. The Morgan fingerprint density at radius 2 is 2.11 bits per heavy atom. The summed E-state index contributed by atoms with van der Waals surface area (Å²) in [5, 5.41) is 12.5. The zero-order valence-corrected chi connectivity index (χ0v) is 14.9. The molecule has 0 aliphatic heterocycles. The van der Waals surface area contributed by atoms with Crippen LogP contribution in [0.1, 0.15) is 12.3 Å². The Morgan fingerprint density at radius 1 is 1.32 bits per heavy atom. The second kappa shape index (κ2) is 8.28. The van der Waals surface area contributed by atoms with Crippen molar-refractivity contribution in [2.45, 2.75) is 18.9 Å². The first kappa shape index (κ1) is 19.6. The summed E-state index contributed by atoms with van der Waals surface area (Å²) < 4.78 is 38.2. The highest BCUT2D eigenvalue weighted by Gasteiger charge is 2.17. The van der Waals surface area contributed by atoms with E-state index in [0.717, 1.165) is 12.1 Å². The topological polar surface area (TPSA) is 124 Å². The minimum absolute atomic E-state index is 0.0600. The van der Waals surface area contributed by atoms with Crippen LogP contribution in [0.5, 0.6) is 11.6 Å². The minimum atomic E-state index is -1.04. The van der Waals surface area contributed by atoms with Crippen LogP contribution in [0, 0.1) is 11.6 Å². The molecular weight excluding hydrogens is 398 g/mol. The fraction of sp³-hybridized carbons (Fsp3) is 0.176. The summed E-state index contributed by atoms with van der Waals surface area (Å²) in [5.74, 6) is -3.17. The van der Waals surface area contributed by atoms with Gasteiger partial charge in [-0.2, -0.15) is 4.98 Å². The predicted octanol–water partition coefficient (Wildman–Crippen LogP) is 3.20. The molecule has 1 atom stereocenters. The van der Waals surface area contributed by atoms with E-state index in [-0.39, 0.29) is 40.9 Å². The SMILES string of the molecule is N[C@@H](CC(=O)O)Cc1nc(-c2ccc(Oc3ncc(Cl)cc3F)c(F)c2)no1. The third-order valence-corrected chi connectivity index (χ3v) is 3.72. The molecule has 0 spiro atoms. The summed E-state index contributed by atoms with van der Waals surface area (Å²) in [4.78, 5) is 18.3. The number of nitrogens with zero attached hydrogens (tertiary/aromatic N) is 3. The number of carboxylic acids is 1. The molecule has 0 aliphatic rings. The maximum atomic E-state index is 14.3. The number of nitrogens with two attached hydrogens (primary N) is 1. The van der Waals surface area contributed by atoms with Crippen LogP contribution >= 0.6 is 11.6 Å². The van der Waals surface area contributed by atoms with Crippen LogP contribution in [0.3, 0.4) is 0 Å². The standard InChI is InChI=1S/C17H13ClF2N4O4/c18-9-4-12(20)17(22-7-9)27-13-2-1-8(3-11(13)19)16-23-14(28-24-16)5-10(21)6-15(25)26/h1-4,7,10H,5-6,21H2,(H,25,26)/t10-/m1/s1. The van der Waals surface area contributed by atoms with Crippen molar-refractivity contribution in [3.05, 3.63) is 53.0 Å². The van der Waals surface area contributed by atoms with Crippen LogP contribution in [0.2, 0.25) is 5.02 Å². The number of aliphatic carboxylic acids is 1. The minimum Gasteiger partial charge on any atom is -0.481 e. The molecule has 0 unspecified atom stereocenters. The molecule has 0 aliphatic carbocycles. The number of carboxylic acid groups (broad SMARTS) is 1. The third-order valence-electron chi connectivity index (χ3n) is 3.51. The van der Waals surface area contributed by atoms with Gasteiger partial charge in [-0.15, -0.1) is 0 Å². The average Bonchev–Trinajstić information content (AvgIpc) is 3.06. The van der Waals surface area contributed by atoms with E-state index in [2.05, 4.69) is 15.1 Å². The highest BCUT2D eigenvalue weighted by molar-refractivity contribution is 6.30. The molecule has 0 saturated heterocycles. The van der Waals surface area contributed by atoms with Crippen LogP contribution in [0.4, 0.5) is 8.78 Å². The van der Waals surface area contributed by atoms with Gasteiger partial charge in [0, 0.05) is 24.2 Å². The normalized spacial score (nSPS) is 12.0. The quantitative estimate of drug-likeness (QED) is 0.608. The van der Waals surface area contributed by atoms with E-state index < -0.39 is 29.5 Å². The van der Waals surface area contributed by atoms with Crippen LogP contribution in [-0.2, 0) is 11.2 Å². The third kappa shape index (κ3) is 4.78. The van der Waals surface area contributed by atoms with Gasteiger partial charge in [-0.05, 0) is 24.3 Å². The van der Waals surface area contributed by atoms with Crippen LogP contribution in [0.25, 0.3) is 11.4 Å². The lowest BCUT2D eigenvalue weighted by Crippen LogP contribution is -2.26. The summed E-state index contributed by atoms with van der Waals surface area (Å²) in [5.41, 5.74) is 5.94. The lowest BCUT2D eigenvalue weighted by Gasteiger charge is -2.07. The fourth-order valence-electron chi connectivity index (χ4n) is 2.28. The summed E-state index contributed by atoms with van der Waals surface area (Å²) in [6.45, 7) is 0. The number of pyridine rings is 1. The number of hydrogen-bond donors (Lipinski definition) is 2. The van der Waals surface area contributed by atoms with Gasteiger partial charge in [0.2, 0.25) is 11.7 Å². The zero-order valence-electron chi connectivity index (χ0n) is 14.1. The van der Waals surface area contributed by atoms with Crippen molar-refractivity contribution >= 4 is 17.6 Å². The van der Waals surface area contributed by atoms with Gasteiger partial charge in [0.15, 0.2) is 17.4 Å². The molecule has 0 radical (unpaired) electrons. The number of ether oxygens (including phenoxy) is 1. The first-order valence-electron chi connectivity index (χ1n) is 7.90. The van der Waals surface area contributed by atoms with E-state index in [4.69, 9.17) is 31.7 Å². The maximum absolute atomic E-state index is 14.3. The monoisotopic (exact) mass is 410 g/mol. The molecule has 3 rings (SSSR count). The number of aromatic nitrogens is 3. The van der Waals surface area contributed by atoms with Gasteiger partial charge < -0.3 is 20.1 Å². The fourth-order valence-corrected chi connectivity index (χ4v) is 2.42. The first-order valence-corrected chi connectivity index (χ1v) is 8.28. The van der Waals surface area contributed by atoms with Crippen LogP contribution < -0.4 is 10.5 Å². The number of rotatable bonds is 7. The molecule has 2 aromatic heterocycles. The molecule has 2 heterocycles. The number of benzene rings is 1. The molecule has 3 aromatic rings. The molecule has 11 heteroatoms.